The Kier molecular flexibility index (Phi) is 3.76. The highest BCUT2D eigenvalue weighted by molar-refractivity contribution is 6.31. The predicted molar refractivity (Wildman–Crippen MR) is 77.4 cm³/mol. The van der Waals surface area contributed by atoms with Crippen molar-refractivity contribution in [2.75, 3.05) is 11.9 Å². The summed E-state index contributed by atoms with van der Waals surface area (Å²) >= 11 is 6.02. The van der Waals surface area contributed by atoms with Crippen molar-refractivity contribution in [1.29, 1.82) is 0 Å². The second-order valence-corrected chi connectivity index (χ2v) is 6.00. The molecule has 1 amide bonds. The van der Waals surface area contributed by atoms with Crippen LogP contribution in [-0.2, 0) is 4.79 Å². The standard InChI is InChI=1S/C15H19ClN2O/c16-11-6-7-13-12(8-11)14(15(19)18-13)17-9-10-4-2-1-3-5-10/h6-8,10,14,17H,1-5,9H2,(H,18,19). The normalized spacial score (nSPS) is 23.2. The lowest BCUT2D eigenvalue weighted by molar-refractivity contribution is -0.117. The summed E-state index contributed by atoms with van der Waals surface area (Å²) in [5, 5.41) is 7.00. The largest absolute Gasteiger partial charge is 0.324 e. The number of carbonyl (C=O) groups excluding carboxylic acids is 1. The highest BCUT2D eigenvalue weighted by atomic mass is 35.5. The summed E-state index contributed by atoms with van der Waals surface area (Å²) in [6.07, 6.45) is 6.57. The van der Waals surface area contributed by atoms with Gasteiger partial charge in [0.2, 0.25) is 5.91 Å². The van der Waals surface area contributed by atoms with Gasteiger partial charge in [-0.1, -0.05) is 30.9 Å². The quantitative estimate of drug-likeness (QED) is 0.888. The monoisotopic (exact) mass is 278 g/mol. The summed E-state index contributed by atoms with van der Waals surface area (Å²) in [6, 6.07) is 5.32. The summed E-state index contributed by atoms with van der Waals surface area (Å²) in [5.41, 5.74) is 1.86. The molecule has 1 atom stereocenters. The van der Waals surface area contributed by atoms with Gasteiger partial charge in [-0.25, -0.2) is 0 Å². The number of nitrogens with one attached hydrogen (secondary N) is 2. The number of halogens is 1. The zero-order valence-electron chi connectivity index (χ0n) is 10.9. The molecule has 0 spiro atoms. The molecule has 0 bridgehead atoms. The fourth-order valence-corrected chi connectivity index (χ4v) is 3.29. The van der Waals surface area contributed by atoms with Crippen molar-refractivity contribution in [1.82, 2.24) is 5.32 Å². The first-order valence-corrected chi connectivity index (χ1v) is 7.45. The molecular weight excluding hydrogens is 260 g/mol. The molecule has 3 nitrogen and oxygen atoms in total. The van der Waals surface area contributed by atoms with E-state index < -0.39 is 0 Å². The van der Waals surface area contributed by atoms with E-state index in [1.807, 2.05) is 18.2 Å². The van der Waals surface area contributed by atoms with Gasteiger partial charge in [-0.15, -0.1) is 0 Å². The number of anilines is 1. The molecule has 1 aromatic rings. The molecule has 2 aliphatic rings. The number of hydrogen-bond acceptors (Lipinski definition) is 2. The molecule has 2 N–H and O–H groups in total. The van der Waals surface area contributed by atoms with E-state index in [0.717, 1.165) is 17.8 Å². The van der Waals surface area contributed by atoms with E-state index >= 15 is 0 Å². The first-order chi connectivity index (χ1) is 9.24. The summed E-state index contributed by atoms with van der Waals surface area (Å²) in [7, 11) is 0. The van der Waals surface area contributed by atoms with Crippen LogP contribution in [0, 0.1) is 5.92 Å². The number of rotatable bonds is 3. The smallest absolute Gasteiger partial charge is 0.246 e. The fraction of sp³-hybridized carbons (Fsp3) is 0.533. The molecule has 4 heteroatoms. The van der Waals surface area contributed by atoms with E-state index in [9.17, 15) is 4.79 Å². The molecule has 1 saturated carbocycles. The van der Waals surface area contributed by atoms with Crippen LogP contribution in [0.4, 0.5) is 5.69 Å². The molecule has 1 aliphatic heterocycles. The Labute approximate surface area is 118 Å². The lowest BCUT2D eigenvalue weighted by Crippen LogP contribution is -2.32. The average molecular weight is 279 g/mol. The maximum atomic E-state index is 12.0. The van der Waals surface area contributed by atoms with Crippen LogP contribution >= 0.6 is 11.6 Å². The van der Waals surface area contributed by atoms with Gasteiger partial charge in [-0.2, -0.15) is 0 Å². The minimum absolute atomic E-state index is 0.0353. The number of fused-ring (bicyclic) bond motifs is 1. The molecule has 1 aromatic carbocycles. The maximum absolute atomic E-state index is 12.0. The molecule has 0 aromatic heterocycles. The molecule has 19 heavy (non-hydrogen) atoms. The molecule has 1 fully saturated rings. The summed E-state index contributed by atoms with van der Waals surface area (Å²) < 4.78 is 0. The van der Waals surface area contributed by atoms with Gasteiger partial charge >= 0.3 is 0 Å². The van der Waals surface area contributed by atoms with Crippen molar-refractivity contribution >= 4 is 23.2 Å². The fourth-order valence-electron chi connectivity index (χ4n) is 3.11. The molecule has 3 rings (SSSR count). The van der Waals surface area contributed by atoms with Gasteiger partial charge < -0.3 is 10.6 Å². The maximum Gasteiger partial charge on any atom is 0.246 e. The lowest BCUT2D eigenvalue weighted by Gasteiger charge is -2.23. The number of amides is 1. The molecule has 102 valence electrons. The van der Waals surface area contributed by atoms with E-state index in [0.29, 0.717) is 10.9 Å². The van der Waals surface area contributed by atoms with Gasteiger partial charge in [0.25, 0.3) is 0 Å². The predicted octanol–water partition coefficient (Wildman–Crippen LogP) is 3.50. The Hall–Kier alpha value is -1.06. The number of carbonyl (C=O) groups is 1. The molecule has 0 saturated heterocycles. The van der Waals surface area contributed by atoms with Crippen LogP contribution < -0.4 is 10.6 Å². The van der Waals surface area contributed by atoms with Crippen LogP contribution in [-0.4, -0.2) is 12.5 Å². The number of hydrogen-bond donors (Lipinski definition) is 2. The van der Waals surface area contributed by atoms with Crippen LogP contribution in [0.3, 0.4) is 0 Å². The van der Waals surface area contributed by atoms with Gasteiger partial charge in [0, 0.05) is 16.3 Å². The summed E-state index contributed by atoms with van der Waals surface area (Å²) in [5.74, 6) is 0.748. The van der Waals surface area contributed by atoms with Gasteiger partial charge in [0.05, 0.1) is 0 Å². The van der Waals surface area contributed by atoms with Crippen LogP contribution in [0.2, 0.25) is 5.02 Å². The van der Waals surface area contributed by atoms with Crippen molar-refractivity contribution < 1.29 is 4.79 Å². The lowest BCUT2D eigenvalue weighted by atomic mass is 9.89. The third-order valence-corrected chi connectivity index (χ3v) is 4.42. The van der Waals surface area contributed by atoms with Crippen molar-refractivity contribution in [3.05, 3.63) is 28.8 Å². The van der Waals surface area contributed by atoms with Gasteiger partial charge in [-0.3, -0.25) is 4.79 Å². The second-order valence-electron chi connectivity index (χ2n) is 5.57. The van der Waals surface area contributed by atoms with E-state index in [2.05, 4.69) is 10.6 Å². The van der Waals surface area contributed by atoms with Crippen molar-refractivity contribution in [2.45, 2.75) is 38.1 Å². The van der Waals surface area contributed by atoms with Crippen molar-refractivity contribution in [2.24, 2.45) is 5.92 Å². The third-order valence-electron chi connectivity index (χ3n) is 4.18. The SMILES string of the molecule is O=C1Nc2ccc(Cl)cc2C1NCC1CCCCC1. The Morgan fingerprint density at radius 3 is 2.84 bits per heavy atom. The first-order valence-electron chi connectivity index (χ1n) is 7.08. The van der Waals surface area contributed by atoms with Gasteiger partial charge in [-0.05, 0) is 43.5 Å². The van der Waals surface area contributed by atoms with E-state index in [-0.39, 0.29) is 11.9 Å². The van der Waals surface area contributed by atoms with Gasteiger partial charge in [0.15, 0.2) is 0 Å². The average Bonchev–Trinajstić information content (AvgIpc) is 2.73. The second kappa shape index (κ2) is 5.51. The topological polar surface area (TPSA) is 41.1 Å². The van der Waals surface area contributed by atoms with Crippen molar-refractivity contribution in [3.8, 4) is 0 Å². The zero-order chi connectivity index (χ0) is 13.2. The zero-order valence-corrected chi connectivity index (χ0v) is 11.7. The Morgan fingerprint density at radius 2 is 2.05 bits per heavy atom. The Balaban J connectivity index is 1.67. The molecule has 1 aliphatic carbocycles. The Morgan fingerprint density at radius 1 is 1.26 bits per heavy atom. The molecule has 0 radical (unpaired) electrons. The summed E-state index contributed by atoms with van der Waals surface area (Å²) in [6.45, 7) is 0.921. The first kappa shape index (κ1) is 12.9. The molecule has 1 unspecified atom stereocenters. The molecule has 1 heterocycles. The third kappa shape index (κ3) is 2.77. The van der Waals surface area contributed by atoms with Crippen LogP contribution in [0.5, 0.6) is 0 Å². The highest BCUT2D eigenvalue weighted by Gasteiger charge is 2.30. The van der Waals surface area contributed by atoms with E-state index in [4.69, 9.17) is 11.6 Å². The minimum atomic E-state index is -0.240. The van der Waals surface area contributed by atoms with Crippen LogP contribution in [0.1, 0.15) is 43.7 Å². The minimum Gasteiger partial charge on any atom is -0.324 e. The van der Waals surface area contributed by atoms with Crippen LogP contribution in [0.25, 0.3) is 0 Å². The molecular formula is C15H19ClN2O. The summed E-state index contributed by atoms with van der Waals surface area (Å²) in [4.78, 5) is 12.0. The van der Waals surface area contributed by atoms with Crippen LogP contribution in [0.15, 0.2) is 18.2 Å². The van der Waals surface area contributed by atoms with E-state index in [1.54, 1.807) is 0 Å². The Bertz CT molecular complexity index is 483. The van der Waals surface area contributed by atoms with Gasteiger partial charge in [0.1, 0.15) is 6.04 Å². The highest BCUT2D eigenvalue weighted by Crippen LogP contribution is 2.33. The van der Waals surface area contributed by atoms with Crippen molar-refractivity contribution in [3.63, 3.8) is 0 Å². The number of benzene rings is 1. The van der Waals surface area contributed by atoms with E-state index in [1.165, 1.54) is 32.1 Å².